The number of hydrogen-bond acceptors (Lipinski definition) is 5. The Bertz CT molecular complexity index is 816. The molecule has 0 saturated carbocycles. The van der Waals surface area contributed by atoms with Gasteiger partial charge in [0.1, 0.15) is 10.9 Å². The highest BCUT2D eigenvalue weighted by atomic mass is 32.2. The van der Waals surface area contributed by atoms with Crippen LogP contribution < -0.4 is 0 Å². The van der Waals surface area contributed by atoms with Crippen LogP contribution in [0.5, 0.6) is 0 Å². The molecule has 1 saturated heterocycles. The van der Waals surface area contributed by atoms with Crippen LogP contribution in [0.4, 0.5) is 0 Å². The minimum Gasteiger partial charge on any atom is -0.340 e. The first-order chi connectivity index (χ1) is 12.0. The van der Waals surface area contributed by atoms with Crippen LogP contribution in [-0.2, 0) is 16.1 Å². The normalized spacial score (nSPS) is 15.9. The van der Waals surface area contributed by atoms with Crippen molar-refractivity contribution in [2.45, 2.75) is 6.54 Å². The van der Waals surface area contributed by atoms with E-state index in [9.17, 15) is 9.59 Å². The van der Waals surface area contributed by atoms with Crippen molar-refractivity contribution in [3.05, 3.63) is 63.2 Å². The number of nitrogens with zero attached hydrogens (tertiary/aromatic N) is 2. The Morgan fingerprint density at radius 2 is 2.00 bits per heavy atom. The van der Waals surface area contributed by atoms with E-state index in [1.165, 1.54) is 16.7 Å². The van der Waals surface area contributed by atoms with Gasteiger partial charge < -0.3 is 4.90 Å². The van der Waals surface area contributed by atoms with Crippen molar-refractivity contribution in [1.82, 2.24) is 9.80 Å². The Kier molecular flexibility index (Phi) is 5.67. The van der Waals surface area contributed by atoms with Crippen LogP contribution in [0.2, 0.25) is 0 Å². The summed E-state index contributed by atoms with van der Waals surface area (Å²) in [5, 5.41) is 1.95. The van der Waals surface area contributed by atoms with Gasteiger partial charge in [-0.05, 0) is 23.1 Å². The molecule has 1 aromatic heterocycles. The van der Waals surface area contributed by atoms with Crippen LogP contribution in [0.1, 0.15) is 10.4 Å². The molecule has 1 aromatic carbocycles. The van der Waals surface area contributed by atoms with E-state index in [1.807, 2.05) is 53.9 Å². The predicted octanol–water partition coefficient (Wildman–Crippen LogP) is 3.61. The van der Waals surface area contributed by atoms with E-state index < -0.39 is 0 Å². The smallest absolute Gasteiger partial charge is 0.266 e. The summed E-state index contributed by atoms with van der Waals surface area (Å²) in [6, 6.07) is 13.6. The highest BCUT2D eigenvalue weighted by Gasteiger charge is 2.34. The van der Waals surface area contributed by atoms with Crippen LogP contribution >= 0.6 is 35.3 Å². The minimum atomic E-state index is -0.204. The van der Waals surface area contributed by atoms with E-state index in [1.54, 1.807) is 23.3 Å². The third-order valence-electron chi connectivity index (χ3n) is 3.67. The van der Waals surface area contributed by atoms with Gasteiger partial charge in [0.25, 0.3) is 5.91 Å². The molecule has 0 bridgehead atoms. The quantitative estimate of drug-likeness (QED) is 0.580. The molecule has 1 aliphatic rings. The number of likely N-dealkylation sites (N-methyl/N-ethyl adjacent to an activating group) is 1. The number of thiophene rings is 1. The molecular weight excluding hydrogens is 372 g/mol. The summed E-state index contributed by atoms with van der Waals surface area (Å²) < 4.78 is 0.425. The van der Waals surface area contributed by atoms with Crippen LogP contribution in [0.15, 0.2) is 52.7 Å². The van der Waals surface area contributed by atoms with Gasteiger partial charge in [0, 0.05) is 18.5 Å². The monoisotopic (exact) mass is 388 g/mol. The van der Waals surface area contributed by atoms with Crippen molar-refractivity contribution >= 4 is 57.5 Å². The lowest BCUT2D eigenvalue weighted by Crippen LogP contribution is -2.40. The standard InChI is InChI=1S/C18H16N2O2S3/c1-19(11-13-6-3-2-4-7-13)16(21)12-20-17(22)15(25-18(20)23)10-14-8-5-9-24-14/h2-10H,11-12H2,1H3/b15-10+. The molecule has 4 nitrogen and oxygen atoms in total. The molecule has 2 aromatic rings. The van der Waals surface area contributed by atoms with Crippen LogP contribution in [0.25, 0.3) is 6.08 Å². The fourth-order valence-electron chi connectivity index (χ4n) is 2.34. The van der Waals surface area contributed by atoms with Gasteiger partial charge in [-0.25, -0.2) is 0 Å². The average Bonchev–Trinajstić information content (AvgIpc) is 3.20. The second kappa shape index (κ2) is 7.95. The van der Waals surface area contributed by atoms with Gasteiger partial charge >= 0.3 is 0 Å². The molecule has 2 heterocycles. The summed E-state index contributed by atoms with van der Waals surface area (Å²) in [7, 11) is 1.73. The van der Waals surface area contributed by atoms with Crippen molar-refractivity contribution in [2.75, 3.05) is 13.6 Å². The molecule has 0 N–H and O–H groups in total. The molecule has 3 rings (SSSR count). The largest absolute Gasteiger partial charge is 0.340 e. The lowest BCUT2D eigenvalue weighted by molar-refractivity contribution is -0.134. The lowest BCUT2D eigenvalue weighted by Gasteiger charge is -2.21. The van der Waals surface area contributed by atoms with Crippen LogP contribution in [0, 0.1) is 0 Å². The summed E-state index contributed by atoms with van der Waals surface area (Å²) in [5.41, 5.74) is 1.04. The maximum atomic E-state index is 12.5. The molecule has 0 unspecified atom stereocenters. The summed E-state index contributed by atoms with van der Waals surface area (Å²) >= 11 is 8.08. The second-order valence-electron chi connectivity index (χ2n) is 5.52. The molecule has 0 spiro atoms. The van der Waals surface area contributed by atoms with Crippen molar-refractivity contribution in [3.63, 3.8) is 0 Å². The molecule has 0 aliphatic carbocycles. The van der Waals surface area contributed by atoms with Gasteiger partial charge in [-0.1, -0.05) is 60.4 Å². The number of benzene rings is 1. The highest BCUT2D eigenvalue weighted by molar-refractivity contribution is 8.26. The summed E-state index contributed by atoms with van der Waals surface area (Å²) in [6.45, 7) is 0.468. The zero-order chi connectivity index (χ0) is 17.8. The third-order valence-corrected chi connectivity index (χ3v) is 5.87. The molecule has 7 heteroatoms. The fraction of sp³-hybridized carbons (Fsp3) is 0.167. The first kappa shape index (κ1) is 17.8. The van der Waals surface area contributed by atoms with Crippen LogP contribution in [-0.4, -0.2) is 39.5 Å². The molecule has 25 heavy (non-hydrogen) atoms. The van der Waals surface area contributed by atoms with Gasteiger partial charge in [0.05, 0.1) is 4.91 Å². The number of rotatable bonds is 5. The molecule has 0 radical (unpaired) electrons. The minimum absolute atomic E-state index is 0.0320. The SMILES string of the molecule is CN(Cc1ccccc1)C(=O)CN1C(=O)/C(=C\c2cccs2)SC1=S. The highest BCUT2D eigenvalue weighted by Crippen LogP contribution is 2.33. The number of carbonyl (C=O) groups excluding carboxylic acids is 2. The first-order valence-electron chi connectivity index (χ1n) is 7.61. The number of carbonyl (C=O) groups is 2. The lowest BCUT2D eigenvalue weighted by atomic mass is 10.2. The number of hydrogen-bond donors (Lipinski definition) is 0. The van der Waals surface area contributed by atoms with E-state index >= 15 is 0 Å². The van der Waals surface area contributed by atoms with Gasteiger partial charge in [-0.2, -0.15) is 0 Å². The van der Waals surface area contributed by atoms with Crippen molar-refractivity contribution in [3.8, 4) is 0 Å². The fourth-order valence-corrected chi connectivity index (χ4v) is 4.32. The van der Waals surface area contributed by atoms with Gasteiger partial charge in [-0.15, -0.1) is 11.3 Å². The molecule has 128 valence electrons. The Labute approximate surface area is 160 Å². The Balaban J connectivity index is 1.65. The molecular formula is C18H16N2O2S3. The van der Waals surface area contributed by atoms with Gasteiger partial charge in [0.15, 0.2) is 0 Å². The van der Waals surface area contributed by atoms with Gasteiger partial charge in [-0.3, -0.25) is 14.5 Å². The zero-order valence-corrected chi connectivity index (χ0v) is 16.0. The summed E-state index contributed by atoms with van der Waals surface area (Å²) in [6.07, 6.45) is 1.82. The van der Waals surface area contributed by atoms with Crippen LogP contribution in [0.3, 0.4) is 0 Å². The molecule has 1 fully saturated rings. The molecule has 1 aliphatic heterocycles. The van der Waals surface area contributed by atoms with Crippen molar-refractivity contribution in [2.24, 2.45) is 0 Å². The maximum Gasteiger partial charge on any atom is 0.266 e. The first-order valence-corrected chi connectivity index (χ1v) is 9.72. The maximum absolute atomic E-state index is 12.5. The number of amides is 2. The summed E-state index contributed by atoms with van der Waals surface area (Å²) in [5.74, 6) is -0.345. The predicted molar refractivity (Wildman–Crippen MR) is 107 cm³/mol. The molecule has 2 amide bonds. The topological polar surface area (TPSA) is 40.6 Å². The van der Waals surface area contributed by atoms with E-state index in [-0.39, 0.29) is 18.4 Å². The second-order valence-corrected chi connectivity index (χ2v) is 8.17. The van der Waals surface area contributed by atoms with Crippen molar-refractivity contribution < 1.29 is 9.59 Å². The van der Waals surface area contributed by atoms with E-state index in [2.05, 4.69) is 0 Å². The van der Waals surface area contributed by atoms with E-state index in [4.69, 9.17) is 12.2 Å². The Hall–Kier alpha value is -1.96. The van der Waals surface area contributed by atoms with Crippen molar-refractivity contribution in [1.29, 1.82) is 0 Å². The van der Waals surface area contributed by atoms with E-state index in [0.717, 1.165) is 10.4 Å². The number of thioether (sulfide) groups is 1. The third kappa shape index (κ3) is 4.36. The van der Waals surface area contributed by atoms with Gasteiger partial charge in [0.2, 0.25) is 5.91 Å². The Morgan fingerprint density at radius 1 is 1.24 bits per heavy atom. The Morgan fingerprint density at radius 3 is 2.68 bits per heavy atom. The molecule has 0 atom stereocenters. The average molecular weight is 389 g/mol. The van der Waals surface area contributed by atoms with E-state index in [0.29, 0.717) is 15.8 Å². The summed E-state index contributed by atoms with van der Waals surface area (Å²) in [4.78, 5) is 29.5. The zero-order valence-electron chi connectivity index (χ0n) is 13.5. The number of thiocarbonyl (C=S) groups is 1.